The van der Waals surface area contributed by atoms with E-state index in [1.807, 2.05) is 36.1 Å². The number of rotatable bonds is 6. The van der Waals surface area contributed by atoms with Gasteiger partial charge in [-0.05, 0) is 24.5 Å². The Hall–Kier alpha value is -2.30. The lowest BCUT2D eigenvalue weighted by Crippen LogP contribution is -2.32. The van der Waals surface area contributed by atoms with Crippen molar-refractivity contribution in [2.24, 2.45) is 10.7 Å². The third-order valence-electron chi connectivity index (χ3n) is 3.57. The number of hydrogen-bond donors (Lipinski definition) is 2. The Morgan fingerprint density at radius 3 is 2.64 bits per heavy atom. The van der Waals surface area contributed by atoms with Crippen molar-refractivity contribution < 1.29 is 4.79 Å². The Kier molecular flexibility index (Phi) is 5.58. The average Bonchev–Trinajstić information content (AvgIpc) is 2.89. The van der Waals surface area contributed by atoms with Crippen molar-refractivity contribution in [1.82, 2.24) is 10.2 Å². The fraction of sp³-hybridized carbons (Fsp3) is 0.412. The van der Waals surface area contributed by atoms with Crippen molar-refractivity contribution in [3.8, 4) is 0 Å². The Morgan fingerprint density at radius 1 is 1.36 bits per heavy atom. The van der Waals surface area contributed by atoms with Gasteiger partial charge in [0.25, 0.3) is 0 Å². The van der Waals surface area contributed by atoms with Crippen LogP contribution in [0.5, 0.6) is 0 Å². The highest BCUT2D eigenvalue weighted by Crippen LogP contribution is 2.15. The van der Waals surface area contributed by atoms with E-state index in [4.69, 9.17) is 5.73 Å². The summed E-state index contributed by atoms with van der Waals surface area (Å²) in [7, 11) is 0. The SMILES string of the molecule is C=C(C)CNC(N)=NCc1ccc(CN2CCCC2=O)cc1. The van der Waals surface area contributed by atoms with E-state index in [1.54, 1.807) is 0 Å². The maximum Gasteiger partial charge on any atom is 0.222 e. The standard InChI is InChI=1S/C17H24N4O/c1-13(2)10-19-17(18)20-11-14-5-7-15(8-6-14)12-21-9-3-4-16(21)22/h5-8H,1,3-4,9-12H2,2H3,(H3,18,19,20). The molecule has 1 fully saturated rings. The predicted molar refractivity (Wildman–Crippen MR) is 89.2 cm³/mol. The molecule has 0 atom stereocenters. The highest BCUT2D eigenvalue weighted by atomic mass is 16.2. The van der Waals surface area contributed by atoms with Crippen LogP contribution in [0.2, 0.25) is 0 Å². The Morgan fingerprint density at radius 2 is 2.05 bits per heavy atom. The second-order valence-electron chi connectivity index (χ2n) is 5.75. The summed E-state index contributed by atoms with van der Waals surface area (Å²) in [5.41, 5.74) is 9.03. The Labute approximate surface area is 131 Å². The predicted octanol–water partition coefficient (Wildman–Crippen LogP) is 1.79. The molecule has 0 saturated carbocycles. The molecule has 0 bridgehead atoms. The number of likely N-dealkylation sites (tertiary alicyclic amines) is 1. The lowest BCUT2D eigenvalue weighted by molar-refractivity contribution is -0.128. The first-order chi connectivity index (χ1) is 10.5. The monoisotopic (exact) mass is 300 g/mol. The van der Waals surface area contributed by atoms with Crippen molar-refractivity contribution >= 4 is 11.9 Å². The summed E-state index contributed by atoms with van der Waals surface area (Å²) in [6.07, 6.45) is 1.66. The molecule has 1 heterocycles. The molecule has 0 aliphatic carbocycles. The van der Waals surface area contributed by atoms with E-state index in [2.05, 4.69) is 16.9 Å². The minimum atomic E-state index is 0.255. The van der Waals surface area contributed by atoms with Crippen LogP contribution >= 0.6 is 0 Å². The number of nitrogens with two attached hydrogens (primary N) is 1. The molecule has 5 nitrogen and oxygen atoms in total. The van der Waals surface area contributed by atoms with E-state index in [-0.39, 0.29) is 5.91 Å². The largest absolute Gasteiger partial charge is 0.370 e. The van der Waals surface area contributed by atoms with Gasteiger partial charge < -0.3 is 16.0 Å². The molecule has 118 valence electrons. The molecule has 22 heavy (non-hydrogen) atoms. The molecule has 3 N–H and O–H groups in total. The number of nitrogens with one attached hydrogen (secondary N) is 1. The van der Waals surface area contributed by atoms with Crippen molar-refractivity contribution in [2.45, 2.75) is 32.9 Å². The normalized spacial score (nSPS) is 15.2. The van der Waals surface area contributed by atoms with Gasteiger partial charge in [0.05, 0.1) is 6.54 Å². The fourth-order valence-electron chi connectivity index (χ4n) is 2.32. The molecule has 0 radical (unpaired) electrons. The third kappa shape index (κ3) is 4.91. The molecule has 1 aromatic rings. The lowest BCUT2D eigenvalue weighted by Gasteiger charge is -2.15. The highest BCUT2D eigenvalue weighted by Gasteiger charge is 2.19. The van der Waals surface area contributed by atoms with Crippen molar-refractivity contribution in [3.63, 3.8) is 0 Å². The van der Waals surface area contributed by atoms with E-state index < -0.39 is 0 Å². The van der Waals surface area contributed by atoms with E-state index in [1.165, 1.54) is 0 Å². The third-order valence-corrected chi connectivity index (χ3v) is 3.57. The molecule has 2 rings (SSSR count). The summed E-state index contributed by atoms with van der Waals surface area (Å²) in [6.45, 7) is 8.48. The van der Waals surface area contributed by atoms with Gasteiger partial charge in [0.15, 0.2) is 5.96 Å². The first-order valence-corrected chi connectivity index (χ1v) is 7.58. The van der Waals surface area contributed by atoms with Crippen LogP contribution < -0.4 is 11.1 Å². The fourth-order valence-corrected chi connectivity index (χ4v) is 2.32. The van der Waals surface area contributed by atoms with Gasteiger partial charge in [-0.2, -0.15) is 0 Å². The Balaban J connectivity index is 1.85. The van der Waals surface area contributed by atoms with E-state index in [9.17, 15) is 4.79 Å². The first-order valence-electron chi connectivity index (χ1n) is 7.58. The molecular weight excluding hydrogens is 276 g/mol. The van der Waals surface area contributed by atoms with E-state index >= 15 is 0 Å². The van der Waals surface area contributed by atoms with Crippen molar-refractivity contribution in [1.29, 1.82) is 0 Å². The maximum absolute atomic E-state index is 11.6. The molecular formula is C17H24N4O. The molecule has 1 aliphatic heterocycles. The molecule has 1 aliphatic rings. The van der Waals surface area contributed by atoms with Gasteiger partial charge in [-0.25, -0.2) is 4.99 Å². The number of aliphatic imine (C=N–C) groups is 1. The number of carbonyl (C=O) groups excluding carboxylic acids is 1. The van der Waals surface area contributed by atoms with Gasteiger partial charge >= 0.3 is 0 Å². The van der Waals surface area contributed by atoms with Crippen LogP contribution in [-0.2, 0) is 17.9 Å². The van der Waals surface area contributed by atoms with Gasteiger partial charge in [0.1, 0.15) is 0 Å². The van der Waals surface area contributed by atoms with E-state index in [0.29, 0.717) is 32.0 Å². The summed E-state index contributed by atoms with van der Waals surface area (Å²) < 4.78 is 0. The minimum Gasteiger partial charge on any atom is -0.370 e. The van der Waals surface area contributed by atoms with Gasteiger partial charge in [-0.1, -0.05) is 36.4 Å². The smallest absolute Gasteiger partial charge is 0.222 e. The van der Waals surface area contributed by atoms with Crippen LogP contribution in [0, 0.1) is 0 Å². The highest BCUT2D eigenvalue weighted by molar-refractivity contribution is 5.78. The second-order valence-corrected chi connectivity index (χ2v) is 5.75. The first kappa shape index (κ1) is 16.1. The van der Waals surface area contributed by atoms with Crippen LogP contribution in [-0.4, -0.2) is 29.9 Å². The lowest BCUT2D eigenvalue weighted by atomic mass is 10.1. The zero-order valence-electron chi connectivity index (χ0n) is 13.1. The van der Waals surface area contributed by atoms with Gasteiger partial charge in [0.2, 0.25) is 5.91 Å². The molecule has 1 saturated heterocycles. The average molecular weight is 300 g/mol. The summed E-state index contributed by atoms with van der Waals surface area (Å²) >= 11 is 0. The van der Waals surface area contributed by atoms with Crippen molar-refractivity contribution in [2.75, 3.05) is 13.1 Å². The number of guanidine groups is 1. The summed E-state index contributed by atoms with van der Waals surface area (Å²) in [6, 6.07) is 8.17. The summed E-state index contributed by atoms with van der Waals surface area (Å²) in [5, 5.41) is 3.00. The maximum atomic E-state index is 11.6. The van der Waals surface area contributed by atoms with Crippen LogP contribution in [0.1, 0.15) is 30.9 Å². The topological polar surface area (TPSA) is 70.7 Å². The second kappa shape index (κ2) is 7.64. The minimum absolute atomic E-state index is 0.255. The van der Waals surface area contributed by atoms with E-state index in [0.717, 1.165) is 29.7 Å². The number of carbonyl (C=O) groups is 1. The van der Waals surface area contributed by atoms with Crippen LogP contribution in [0.25, 0.3) is 0 Å². The Bertz CT molecular complexity index is 563. The number of benzene rings is 1. The number of amides is 1. The van der Waals surface area contributed by atoms with Gasteiger partial charge in [-0.15, -0.1) is 0 Å². The number of nitrogens with zero attached hydrogens (tertiary/aromatic N) is 2. The zero-order chi connectivity index (χ0) is 15.9. The van der Waals surface area contributed by atoms with Crippen LogP contribution in [0.4, 0.5) is 0 Å². The summed E-state index contributed by atoms with van der Waals surface area (Å²) in [5.74, 6) is 0.680. The molecule has 1 amide bonds. The quantitative estimate of drug-likeness (QED) is 0.478. The zero-order valence-corrected chi connectivity index (χ0v) is 13.1. The summed E-state index contributed by atoms with van der Waals surface area (Å²) in [4.78, 5) is 17.8. The number of hydrogen-bond acceptors (Lipinski definition) is 2. The molecule has 0 spiro atoms. The molecule has 0 aromatic heterocycles. The molecule has 0 unspecified atom stereocenters. The molecule has 5 heteroatoms. The van der Waals surface area contributed by atoms with Gasteiger partial charge in [-0.3, -0.25) is 4.79 Å². The van der Waals surface area contributed by atoms with Gasteiger partial charge in [0, 0.05) is 26.1 Å². The van der Waals surface area contributed by atoms with Crippen molar-refractivity contribution in [3.05, 3.63) is 47.5 Å². The van der Waals surface area contributed by atoms with Crippen LogP contribution in [0.3, 0.4) is 0 Å². The van der Waals surface area contributed by atoms with Crippen LogP contribution in [0.15, 0.2) is 41.4 Å². The molecule has 1 aromatic carbocycles.